The molecular weight excluding hydrogens is 251 g/mol. The topological polar surface area (TPSA) is 0 Å². The predicted octanol–water partition coefficient (Wildman–Crippen LogP) is 5.45. The molecule has 0 atom stereocenters. The number of hydrogen-bond acceptors (Lipinski definition) is 0. The van der Waals surface area contributed by atoms with E-state index in [1.54, 1.807) is 0 Å². The molecule has 0 saturated carbocycles. The van der Waals surface area contributed by atoms with E-state index in [4.69, 9.17) is 0 Å². The van der Waals surface area contributed by atoms with Gasteiger partial charge in [0, 0.05) is 0 Å². The average Bonchev–Trinajstić information content (AvgIpc) is 2.64. The third-order valence-corrected chi connectivity index (χ3v) is 1.93. The number of rotatable bonds is 2. The lowest BCUT2D eigenvalue weighted by molar-refractivity contribution is 1.50. The fourth-order valence-electron chi connectivity index (χ4n) is 1.29. The average molecular weight is 285 g/mol. The van der Waals surface area contributed by atoms with Crippen molar-refractivity contribution in [2.45, 2.75) is 55.4 Å². The fourth-order valence-corrected chi connectivity index (χ4v) is 1.29. The lowest BCUT2D eigenvalue weighted by Crippen LogP contribution is -2.26. The predicted molar refractivity (Wildman–Crippen MR) is 103 cm³/mol. The van der Waals surface area contributed by atoms with E-state index in [1.807, 2.05) is 67.5 Å². The second kappa shape index (κ2) is 23.6. The molecule has 0 amide bonds. The summed E-state index contributed by atoms with van der Waals surface area (Å²) in [6, 6.07) is 20.7. The van der Waals surface area contributed by atoms with Crippen molar-refractivity contribution in [2.75, 3.05) is 0 Å². The van der Waals surface area contributed by atoms with E-state index in [0.717, 1.165) is 0 Å². The summed E-state index contributed by atoms with van der Waals surface area (Å²) in [5.41, 5.74) is 2.49. The van der Waals surface area contributed by atoms with Crippen molar-refractivity contribution < 1.29 is 0 Å². The Labute approximate surface area is 134 Å². The van der Waals surface area contributed by atoms with Crippen LogP contribution >= 0.6 is 0 Å². The van der Waals surface area contributed by atoms with Crippen LogP contribution in [0.3, 0.4) is 0 Å². The summed E-state index contributed by atoms with van der Waals surface area (Å²) in [5.74, 6) is 0. The third-order valence-electron chi connectivity index (χ3n) is 1.93. The van der Waals surface area contributed by atoms with Crippen molar-refractivity contribution >= 4 is 18.2 Å². The molecule has 21 heavy (non-hydrogen) atoms. The Morgan fingerprint density at radius 1 is 0.429 bits per heavy atom. The maximum absolute atomic E-state index is 2.17. The van der Waals surface area contributed by atoms with Gasteiger partial charge in [-0.1, -0.05) is 127 Å². The van der Waals surface area contributed by atoms with Crippen molar-refractivity contribution in [3.8, 4) is 0 Å². The van der Waals surface area contributed by atoms with Crippen molar-refractivity contribution in [2.24, 2.45) is 0 Å². The molecule has 2 aromatic carbocycles. The highest BCUT2D eigenvalue weighted by atomic mass is 13.8. The first-order valence-electron chi connectivity index (χ1n) is 8.40. The first-order chi connectivity index (χ1) is 10.4. The van der Waals surface area contributed by atoms with Crippen LogP contribution in [0, 0.1) is 0 Å². The van der Waals surface area contributed by atoms with Crippen molar-refractivity contribution in [3.63, 3.8) is 0 Å². The summed E-state index contributed by atoms with van der Waals surface area (Å²) in [7, 11) is 2.17. The second-order valence-electron chi connectivity index (χ2n) is 2.97. The molecule has 0 heterocycles. The molecule has 0 aliphatic heterocycles. The molecule has 0 bridgehead atoms. The Hall–Kier alpha value is -1.50. The maximum Gasteiger partial charge on any atom is 0.191 e. The van der Waals surface area contributed by atoms with Gasteiger partial charge in [0.15, 0.2) is 7.28 Å². The van der Waals surface area contributed by atoms with E-state index >= 15 is 0 Å². The highest BCUT2D eigenvalue weighted by Gasteiger charge is 1.95. The zero-order valence-corrected chi connectivity index (χ0v) is 15.4. The summed E-state index contributed by atoms with van der Waals surface area (Å²) >= 11 is 0. The number of hydrogen-bond donors (Lipinski definition) is 0. The van der Waals surface area contributed by atoms with E-state index in [2.05, 4.69) is 55.8 Å². The van der Waals surface area contributed by atoms with Crippen LogP contribution in [0.25, 0.3) is 0 Å². The first-order valence-corrected chi connectivity index (χ1v) is 8.40. The summed E-state index contributed by atoms with van der Waals surface area (Å²) in [4.78, 5) is 0. The Morgan fingerprint density at radius 3 is 0.905 bits per heavy atom. The zero-order chi connectivity index (χ0) is 16.9. The van der Waals surface area contributed by atoms with Gasteiger partial charge in [0.25, 0.3) is 0 Å². The molecule has 0 unspecified atom stereocenters. The Balaban J connectivity index is -0.000000353. The molecule has 2 rings (SSSR count). The van der Waals surface area contributed by atoms with Gasteiger partial charge in [0.05, 0.1) is 0 Å². The molecule has 0 saturated heterocycles. The molecule has 1 heteroatoms. The lowest BCUT2D eigenvalue weighted by Gasteiger charge is -1.98. The van der Waals surface area contributed by atoms with Gasteiger partial charge < -0.3 is 0 Å². The summed E-state index contributed by atoms with van der Waals surface area (Å²) in [6.45, 7) is 16.0. The van der Waals surface area contributed by atoms with Gasteiger partial charge in [-0.2, -0.15) is 0 Å². The van der Waals surface area contributed by atoms with Crippen molar-refractivity contribution in [1.82, 2.24) is 0 Å². The third kappa shape index (κ3) is 14.7. The van der Waals surface area contributed by atoms with Gasteiger partial charge in [-0.25, -0.2) is 0 Å². The molecule has 0 N–H and O–H groups in total. The SMILES string of the molecule is CC.CC.CC.CC.[B](c1ccccc1)c1ccccc1. The molecule has 2 aromatic rings. The van der Waals surface area contributed by atoms with Crippen LogP contribution in [-0.2, 0) is 0 Å². The monoisotopic (exact) mass is 285 g/mol. The van der Waals surface area contributed by atoms with Crippen LogP contribution in [0.4, 0.5) is 0 Å². The van der Waals surface area contributed by atoms with Gasteiger partial charge in [-0.05, 0) is 0 Å². The van der Waals surface area contributed by atoms with Gasteiger partial charge in [0.1, 0.15) is 0 Å². The molecule has 1 radical (unpaired) electrons. The van der Waals surface area contributed by atoms with E-state index in [-0.39, 0.29) is 0 Å². The van der Waals surface area contributed by atoms with E-state index in [0.29, 0.717) is 0 Å². The van der Waals surface area contributed by atoms with Gasteiger partial charge >= 0.3 is 0 Å². The largest absolute Gasteiger partial charge is 0.191 e. The Kier molecular flexibility index (Phi) is 27.5. The molecular formula is C20H34B. The molecule has 0 aliphatic carbocycles. The summed E-state index contributed by atoms with van der Waals surface area (Å²) in [6.07, 6.45) is 0. The maximum atomic E-state index is 2.17. The minimum absolute atomic E-state index is 1.24. The standard InChI is InChI=1S/C12H10B.4C2H6/c1-3-7-11(8-4-1)13-12-9-5-2-6-10-12;4*1-2/h1-10H;4*1-2H3. The molecule has 0 nitrogen and oxygen atoms in total. The van der Waals surface area contributed by atoms with Crippen molar-refractivity contribution in [1.29, 1.82) is 0 Å². The summed E-state index contributed by atoms with van der Waals surface area (Å²) < 4.78 is 0. The van der Waals surface area contributed by atoms with Crippen LogP contribution in [0.5, 0.6) is 0 Å². The highest BCUT2D eigenvalue weighted by Crippen LogP contribution is 1.84. The quantitative estimate of drug-likeness (QED) is 0.644. The number of benzene rings is 2. The minimum Gasteiger partial charge on any atom is -0.0814 e. The fraction of sp³-hybridized carbons (Fsp3) is 0.400. The molecule has 0 spiro atoms. The smallest absolute Gasteiger partial charge is 0.0814 e. The molecule has 0 fully saturated rings. The van der Waals surface area contributed by atoms with Crippen LogP contribution in [0.15, 0.2) is 60.7 Å². The van der Waals surface area contributed by atoms with Gasteiger partial charge in [-0.15, -0.1) is 0 Å². The van der Waals surface area contributed by atoms with Crippen molar-refractivity contribution in [3.05, 3.63) is 60.7 Å². The Morgan fingerprint density at radius 2 is 0.667 bits per heavy atom. The zero-order valence-electron chi connectivity index (χ0n) is 15.4. The lowest BCUT2D eigenvalue weighted by atomic mass is 9.64. The second-order valence-corrected chi connectivity index (χ2v) is 2.97. The Bertz CT molecular complexity index is 317. The minimum atomic E-state index is 1.24. The van der Waals surface area contributed by atoms with Crippen LogP contribution < -0.4 is 10.9 Å². The van der Waals surface area contributed by atoms with E-state index in [1.165, 1.54) is 10.9 Å². The van der Waals surface area contributed by atoms with Crippen LogP contribution in [0.2, 0.25) is 0 Å². The van der Waals surface area contributed by atoms with Gasteiger partial charge in [0.2, 0.25) is 0 Å². The summed E-state index contributed by atoms with van der Waals surface area (Å²) in [5, 5.41) is 0. The van der Waals surface area contributed by atoms with E-state index in [9.17, 15) is 0 Å². The highest BCUT2D eigenvalue weighted by molar-refractivity contribution is 6.67. The molecule has 0 aromatic heterocycles. The molecule has 117 valence electrons. The van der Waals surface area contributed by atoms with Crippen LogP contribution in [-0.4, -0.2) is 7.28 Å². The van der Waals surface area contributed by atoms with Crippen LogP contribution in [0.1, 0.15) is 55.4 Å². The van der Waals surface area contributed by atoms with Gasteiger partial charge in [-0.3, -0.25) is 0 Å². The first kappa shape index (κ1) is 24.5. The van der Waals surface area contributed by atoms with E-state index < -0.39 is 0 Å². The normalized spacial score (nSPS) is 7.05. The molecule has 0 aliphatic rings.